The monoisotopic (exact) mass is 286 g/mol. The second-order valence-electron chi connectivity index (χ2n) is 5.03. The molecule has 0 fully saturated rings. The predicted molar refractivity (Wildman–Crippen MR) is 99.4 cm³/mol. The number of hydrogen-bond acceptors (Lipinski definition) is 0. The summed E-state index contributed by atoms with van der Waals surface area (Å²) < 4.78 is 0. The molecule has 0 radical (unpaired) electrons. The second kappa shape index (κ2) is 8.63. The third-order valence-electron chi connectivity index (χ3n) is 3.36. The number of rotatable bonds is 5. The van der Waals surface area contributed by atoms with Gasteiger partial charge in [0.05, 0.1) is 0 Å². The largest absolute Gasteiger partial charge is 0.0871 e. The average molecular weight is 286 g/mol. The van der Waals surface area contributed by atoms with E-state index in [9.17, 15) is 0 Å². The molecule has 0 bridgehead atoms. The first-order valence-corrected chi connectivity index (χ1v) is 7.62. The lowest BCUT2D eigenvalue weighted by molar-refractivity contribution is 1.57. The van der Waals surface area contributed by atoms with Crippen LogP contribution in [0.5, 0.6) is 0 Å². The summed E-state index contributed by atoms with van der Waals surface area (Å²) in [7, 11) is 0. The van der Waals surface area contributed by atoms with Gasteiger partial charge in [-0.1, -0.05) is 97.1 Å². The molecule has 0 aliphatic rings. The number of hydrogen-bond donors (Lipinski definition) is 0. The highest BCUT2D eigenvalue weighted by Crippen LogP contribution is 2.12. The Balaban J connectivity index is 2.04. The van der Waals surface area contributed by atoms with E-state index in [2.05, 4.69) is 98.0 Å². The molecule has 0 aliphatic heterocycles. The van der Waals surface area contributed by atoms with Crippen LogP contribution in [0.3, 0.4) is 0 Å². The second-order valence-corrected chi connectivity index (χ2v) is 5.03. The fourth-order valence-electron chi connectivity index (χ4n) is 2.11. The molecule has 0 atom stereocenters. The number of benzene rings is 2. The van der Waals surface area contributed by atoms with Crippen LogP contribution in [0.4, 0.5) is 0 Å². The van der Waals surface area contributed by atoms with Crippen molar-refractivity contribution in [3.8, 4) is 0 Å². The van der Waals surface area contributed by atoms with Crippen LogP contribution >= 0.6 is 0 Å². The molecule has 0 aliphatic carbocycles. The summed E-state index contributed by atoms with van der Waals surface area (Å²) in [6.45, 7) is 4.09. The van der Waals surface area contributed by atoms with Crippen LogP contribution in [0.25, 0.3) is 18.2 Å². The summed E-state index contributed by atoms with van der Waals surface area (Å²) >= 11 is 0. The van der Waals surface area contributed by atoms with Gasteiger partial charge in [0.2, 0.25) is 0 Å². The summed E-state index contributed by atoms with van der Waals surface area (Å²) in [6, 6.07) is 18.9. The van der Waals surface area contributed by atoms with Gasteiger partial charge in [0, 0.05) is 0 Å². The molecule has 0 amide bonds. The SMILES string of the molecule is C\C=C/C(/C=C/c1ccc(/C=C/c2ccccc2)cc1)=C\C. The van der Waals surface area contributed by atoms with Gasteiger partial charge >= 0.3 is 0 Å². The van der Waals surface area contributed by atoms with Crippen LogP contribution < -0.4 is 0 Å². The van der Waals surface area contributed by atoms with Gasteiger partial charge in [0.1, 0.15) is 0 Å². The van der Waals surface area contributed by atoms with Crippen LogP contribution in [-0.4, -0.2) is 0 Å². The first-order valence-electron chi connectivity index (χ1n) is 7.62. The van der Waals surface area contributed by atoms with Crippen LogP contribution in [0.15, 0.2) is 84.5 Å². The smallest absolute Gasteiger partial charge is 0.0256 e. The minimum atomic E-state index is 1.21. The lowest BCUT2D eigenvalue weighted by atomic mass is 10.1. The van der Waals surface area contributed by atoms with E-state index in [1.165, 1.54) is 22.3 Å². The Morgan fingerprint density at radius 3 is 1.73 bits per heavy atom. The van der Waals surface area contributed by atoms with Gasteiger partial charge in [0.25, 0.3) is 0 Å². The molecule has 22 heavy (non-hydrogen) atoms. The fourth-order valence-corrected chi connectivity index (χ4v) is 2.11. The van der Waals surface area contributed by atoms with E-state index >= 15 is 0 Å². The highest BCUT2D eigenvalue weighted by molar-refractivity contribution is 5.70. The maximum atomic E-state index is 2.14. The summed E-state index contributed by atoms with van der Waals surface area (Å²) in [5, 5.41) is 0. The molecule has 0 spiro atoms. The lowest BCUT2D eigenvalue weighted by Crippen LogP contribution is -1.76. The molecule has 0 heterocycles. The summed E-state index contributed by atoms with van der Waals surface area (Å²) in [5.41, 5.74) is 4.85. The van der Waals surface area contributed by atoms with E-state index in [4.69, 9.17) is 0 Å². The normalized spacial score (nSPS) is 12.7. The molecule has 0 unspecified atom stereocenters. The highest BCUT2D eigenvalue weighted by Gasteiger charge is 1.90. The quantitative estimate of drug-likeness (QED) is 0.441. The summed E-state index contributed by atoms with van der Waals surface area (Å²) in [4.78, 5) is 0. The van der Waals surface area contributed by atoms with Crippen molar-refractivity contribution >= 4 is 18.2 Å². The fraction of sp³-hybridized carbons (Fsp3) is 0.0909. The summed E-state index contributed by atoms with van der Waals surface area (Å²) in [5.74, 6) is 0. The molecule has 0 saturated heterocycles. The van der Waals surface area contributed by atoms with Gasteiger partial charge in [-0.3, -0.25) is 0 Å². The van der Waals surface area contributed by atoms with Crippen LogP contribution in [-0.2, 0) is 0 Å². The van der Waals surface area contributed by atoms with Crippen molar-refractivity contribution in [2.24, 2.45) is 0 Å². The molecule has 0 saturated carbocycles. The highest BCUT2D eigenvalue weighted by atomic mass is 14.0. The molecule has 110 valence electrons. The summed E-state index contributed by atoms with van der Waals surface area (Å²) in [6.07, 6.45) is 14.8. The standard InChI is InChI=1S/C22H22/c1-3-8-19(4-2)11-12-21-15-17-22(18-16-21)14-13-20-9-6-5-7-10-20/h3-18H,1-2H3/b8-3-,12-11+,14-13+,19-4+. The first-order chi connectivity index (χ1) is 10.8. The van der Waals surface area contributed by atoms with E-state index in [-0.39, 0.29) is 0 Å². The first kappa shape index (κ1) is 15.8. The van der Waals surface area contributed by atoms with Gasteiger partial charge in [-0.05, 0) is 36.1 Å². The van der Waals surface area contributed by atoms with Crippen LogP contribution in [0.1, 0.15) is 30.5 Å². The van der Waals surface area contributed by atoms with Gasteiger partial charge in [0.15, 0.2) is 0 Å². The average Bonchev–Trinajstić information content (AvgIpc) is 2.58. The molecule has 2 rings (SSSR count). The van der Waals surface area contributed by atoms with Crippen molar-refractivity contribution in [2.45, 2.75) is 13.8 Å². The van der Waals surface area contributed by atoms with E-state index < -0.39 is 0 Å². The van der Waals surface area contributed by atoms with E-state index in [1.54, 1.807) is 0 Å². The Kier molecular flexibility index (Phi) is 6.19. The van der Waals surface area contributed by atoms with Crippen molar-refractivity contribution in [3.05, 3.63) is 101 Å². The Bertz CT molecular complexity index is 681. The molecule has 0 nitrogen and oxygen atoms in total. The van der Waals surface area contributed by atoms with Crippen molar-refractivity contribution in [3.63, 3.8) is 0 Å². The van der Waals surface area contributed by atoms with Crippen molar-refractivity contribution < 1.29 is 0 Å². The van der Waals surface area contributed by atoms with Gasteiger partial charge < -0.3 is 0 Å². The van der Waals surface area contributed by atoms with E-state index in [0.29, 0.717) is 0 Å². The Morgan fingerprint density at radius 2 is 1.18 bits per heavy atom. The van der Waals surface area contributed by atoms with Gasteiger partial charge in [-0.15, -0.1) is 0 Å². The Labute approximate surface area is 133 Å². The zero-order valence-electron chi connectivity index (χ0n) is 13.2. The molecular formula is C22H22. The van der Waals surface area contributed by atoms with Crippen LogP contribution in [0, 0.1) is 0 Å². The lowest BCUT2D eigenvalue weighted by Gasteiger charge is -1.97. The zero-order chi connectivity index (χ0) is 15.6. The molecular weight excluding hydrogens is 264 g/mol. The Morgan fingerprint density at radius 1 is 0.636 bits per heavy atom. The minimum absolute atomic E-state index is 1.21. The maximum absolute atomic E-state index is 2.14. The molecule has 0 heteroatoms. The van der Waals surface area contributed by atoms with E-state index in [1.807, 2.05) is 13.0 Å². The van der Waals surface area contributed by atoms with Crippen molar-refractivity contribution in [1.82, 2.24) is 0 Å². The van der Waals surface area contributed by atoms with Gasteiger partial charge in [-0.25, -0.2) is 0 Å². The molecule has 2 aromatic carbocycles. The predicted octanol–water partition coefficient (Wildman–Crippen LogP) is 6.39. The maximum Gasteiger partial charge on any atom is -0.0256 e. The van der Waals surface area contributed by atoms with Crippen molar-refractivity contribution in [2.75, 3.05) is 0 Å². The topological polar surface area (TPSA) is 0 Å². The molecule has 2 aromatic rings. The third-order valence-corrected chi connectivity index (χ3v) is 3.36. The van der Waals surface area contributed by atoms with Gasteiger partial charge in [-0.2, -0.15) is 0 Å². The Hall–Kier alpha value is -2.60. The molecule has 0 aromatic heterocycles. The zero-order valence-corrected chi connectivity index (χ0v) is 13.2. The van der Waals surface area contributed by atoms with E-state index in [0.717, 1.165) is 0 Å². The third kappa shape index (κ3) is 5.06. The van der Waals surface area contributed by atoms with Crippen LogP contribution in [0.2, 0.25) is 0 Å². The minimum Gasteiger partial charge on any atom is -0.0871 e. The number of allylic oxidation sites excluding steroid dienone is 5. The van der Waals surface area contributed by atoms with Crippen molar-refractivity contribution in [1.29, 1.82) is 0 Å². The molecule has 0 N–H and O–H groups in total.